The van der Waals surface area contributed by atoms with Gasteiger partial charge in [0.1, 0.15) is 17.9 Å². The maximum absolute atomic E-state index is 13.4. The highest BCUT2D eigenvalue weighted by Crippen LogP contribution is 2.38. The molecule has 0 saturated heterocycles. The quantitative estimate of drug-likeness (QED) is 0.409. The van der Waals surface area contributed by atoms with Crippen LogP contribution in [-0.2, 0) is 29.6 Å². The van der Waals surface area contributed by atoms with E-state index >= 15 is 0 Å². The third-order valence-electron chi connectivity index (χ3n) is 6.56. The number of aliphatic carboxylic acids is 1. The van der Waals surface area contributed by atoms with E-state index in [4.69, 9.17) is 16.3 Å². The molecule has 0 fully saturated rings. The number of benzene rings is 3. The van der Waals surface area contributed by atoms with Gasteiger partial charge in [-0.05, 0) is 58.9 Å². The molecule has 1 N–H and O–H groups in total. The van der Waals surface area contributed by atoms with E-state index in [9.17, 15) is 14.7 Å². The normalized spacial score (nSPS) is 16.8. The zero-order valence-electron chi connectivity index (χ0n) is 21.2. The second-order valence-corrected chi connectivity index (χ2v) is 11.2. The van der Waals surface area contributed by atoms with Crippen molar-refractivity contribution >= 4 is 23.5 Å². The average molecular weight is 506 g/mol. The number of carbonyl (C=O) groups is 2. The van der Waals surface area contributed by atoms with E-state index in [1.165, 1.54) is 10.5 Å². The predicted octanol–water partition coefficient (Wildman–Crippen LogP) is 6.30. The van der Waals surface area contributed by atoms with Crippen LogP contribution in [0.3, 0.4) is 0 Å². The molecular weight excluding hydrogens is 474 g/mol. The van der Waals surface area contributed by atoms with Crippen molar-refractivity contribution in [2.24, 2.45) is 0 Å². The number of rotatable bonds is 7. The summed E-state index contributed by atoms with van der Waals surface area (Å²) < 4.78 is 6.27. The molecule has 188 valence electrons. The molecule has 0 bridgehead atoms. The zero-order valence-corrected chi connectivity index (χ0v) is 21.9. The smallest absolute Gasteiger partial charge is 0.323 e. The van der Waals surface area contributed by atoms with Gasteiger partial charge in [0.2, 0.25) is 0 Å². The number of ether oxygens (including phenoxy) is 1. The summed E-state index contributed by atoms with van der Waals surface area (Å²) >= 11 is 6.36. The molecular formula is C30H32ClNO4. The van der Waals surface area contributed by atoms with Crippen molar-refractivity contribution in [2.75, 3.05) is 6.54 Å². The maximum atomic E-state index is 13.4. The van der Waals surface area contributed by atoms with Crippen molar-refractivity contribution in [1.82, 2.24) is 4.90 Å². The lowest BCUT2D eigenvalue weighted by Crippen LogP contribution is -2.35. The number of carboxylic acids is 1. The summed E-state index contributed by atoms with van der Waals surface area (Å²) in [7, 11) is 0. The van der Waals surface area contributed by atoms with Crippen molar-refractivity contribution in [1.29, 1.82) is 0 Å². The molecule has 0 radical (unpaired) electrons. The van der Waals surface area contributed by atoms with Gasteiger partial charge < -0.3 is 14.7 Å². The summed E-state index contributed by atoms with van der Waals surface area (Å²) in [6.07, 6.45) is 1.27. The number of hydrogen-bond donors (Lipinski definition) is 1. The minimum Gasteiger partial charge on any atom is -0.487 e. The molecule has 1 unspecified atom stereocenters. The van der Waals surface area contributed by atoms with Gasteiger partial charge in [0.25, 0.3) is 5.91 Å². The minimum atomic E-state index is -1.05. The second kappa shape index (κ2) is 9.98. The number of amides is 1. The molecule has 1 aliphatic heterocycles. The number of halogens is 1. The van der Waals surface area contributed by atoms with Gasteiger partial charge in [0.15, 0.2) is 0 Å². The van der Waals surface area contributed by atoms with Gasteiger partial charge in [-0.15, -0.1) is 0 Å². The average Bonchev–Trinajstić information content (AvgIpc) is 3.14. The van der Waals surface area contributed by atoms with Crippen LogP contribution in [0.15, 0.2) is 66.7 Å². The van der Waals surface area contributed by atoms with Crippen molar-refractivity contribution in [3.8, 4) is 5.75 Å². The van der Waals surface area contributed by atoms with Gasteiger partial charge in [-0.1, -0.05) is 74.8 Å². The van der Waals surface area contributed by atoms with E-state index in [1.807, 2.05) is 61.5 Å². The molecule has 4 rings (SSSR count). The fourth-order valence-corrected chi connectivity index (χ4v) is 4.88. The highest BCUT2D eigenvalue weighted by Gasteiger charge is 2.36. The van der Waals surface area contributed by atoms with Crippen molar-refractivity contribution < 1.29 is 19.4 Å². The van der Waals surface area contributed by atoms with Gasteiger partial charge in [-0.2, -0.15) is 0 Å². The van der Waals surface area contributed by atoms with Gasteiger partial charge in [0.05, 0.1) is 0 Å². The van der Waals surface area contributed by atoms with E-state index < -0.39 is 11.6 Å². The van der Waals surface area contributed by atoms with E-state index in [0.717, 1.165) is 22.4 Å². The third kappa shape index (κ3) is 5.90. The number of hydrogen-bond acceptors (Lipinski definition) is 3. The first-order valence-corrected chi connectivity index (χ1v) is 12.5. The summed E-state index contributed by atoms with van der Waals surface area (Å²) in [4.78, 5) is 26.4. The second-order valence-electron chi connectivity index (χ2n) is 10.8. The van der Waals surface area contributed by atoms with E-state index in [1.54, 1.807) is 12.1 Å². The van der Waals surface area contributed by atoms with Crippen LogP contribution in [0.5, 0.6) is 5.75 Å². The first kappa shape index (κ1) is 25.8. The molecule has 1 amide bonds. The number of carbonyl (C=O) groups excluding carboxylic acids is 1. The first-order valence-electron chi connectivity index (χ1n) is 12.1. The first-order chi connectivity index (χ1) is 16.9. The summed E-state index contributed by atoms with van der Waals surface area (Å²) in [5.41, 5.74) is 3.99. The Morgan fingerprint density at radius 2 is 1.75 bits per heavy atom. The largest absolute Gasteiger partial charge is 0.487 e. The SMILES string of the molecule is CC1(Cc2ccccc2Cl)Cc2cc(C(=O)N(CC(=O)O)Cc3ccc(C(C)(C)C)cc3)ccc2O1. The summed E-state index contributed by atoms with van der Waals surface area (Å²) in [5, 5.41) is 10.2. The van der Waals surface area contributed by atoms with Crippen LogP contribution in [0, 0.1) is 0 Å². The highest BCUT2D eigenvalue weighted by molar-refractivity contribution is 6.31. The summed E-state index contributed by atoms with van der Waals surface area (Å²) in [5.74, 6) is -0.630. The Balaban J connectivity index is 1.52. The third-order valence-corrected chi connectivity index (χ3v) is 6.93. The fourth-order valence-electron chi connectivity index (χ4n) is 4.67. The minimum absolute atomic E-state index is 0.0158. The molecule has 6 heteroatoms. The van der Waals surface area contributed by atoms with Gasteiger partial charge in [0, 0.05) is 30.0 Å². The Kier molecular flexibility index (Phi) is 7.14. The molecule has 1 aliphatic rings. The summed E-state index contributed by atoms with van der Waals surface area (Å²) in [6, 6.07) is 21.0. The molecule has 0 aliphatic carbocycles. The van der Waals surface area contributed by atoms with Gasteiger partial charge in [-0.25, -0.2) is 0 Å². The number of carboxylic acid groups (broad SMARTS) is 1. The van der Waals surface area contributed by atoms with Crippen LogP contribution in [-0.4, -0.2) is 34.0 Å². The maximum Gasteiger partial charge on any atom is 0.323 e. The van der Waals surface area contributed by atoms with Crippen molar-refractivity contribution in [3.63, 3.8) is 0 Å². The van der Waals surface area contributed by atoms with Crippen LogP contribution in [0.4, 0.5) is 0 Å². The molecule has 1 heterocycles. The molecule has 0 spiro atoms. The molecule has 0 saturated carbocycles. The van der Waals surface area contributed by atoms with Crippen molar-refractivity contribution in [2.45, 2.75) is 58.1 Å². The lowest BCUT2D eigenvalue weighted by atomic mass is 9.87. The monoisotopic (exact) mass is 505 g/mol. The predicted molar refractivity (Wildman–Crippen MR) is 142 cm³/mol. The Morgan fingerprint density at radius 3 is 2.39 bits per heavy atom. The Labute approximate surface area is 217 Å². The molecule has 36 heavy (non-hydrogen) atoms. The topological polar surface area (TPSA) is 66.8 Å². The zero-order chi connectivity index (χ0) is 26.1. The van der Waals surface area contributed by atoms with Crippen LogP contribution in [0.1, 0.15) is 60.3 Å². The molecule has 3 aromatic rings. The Morgan fingerprint density at radius 1 is 1.06 bits per heavy atom. The number of nitrogens with zero attached hydrogens (tertiary/aromatic N) is 1. The lowest BCUT2D eigenvalue weighted by molar-refractivity contribution is -0.137. The molecule has 3 aromatic carbocycles. The number of fused-ring (bicyclic) bond motifs is 1. The lowest BCUT2D eigenvalue weighted by Gasteiger charge is -2.24. The van der Waals surface area contributed by atoms with Crippen LogP contribution < -0.4 is 4.74 Å². The van der Waals surface area contributed by atoms with E-state index in [2.05, 4.69) is 20.8 Å². The molecule has 1 atom stereocenters. The molecule has 5 nitrogen and oxygen atoms in total. The van der Waals surface area contributed by atoms with Gasteiger partial charge >= 0.3 is 5.97 Å². The fraction of sp³-hybridized carbons (Fsp3) is 0.333. The highest BCUT2D eigenvalue weighted by atomic mass is 35.5. The van der Waals surface area contributed by atoms with E-state index in [-0.39, 0.29) is 24.4 Å². The summed E-state index contributed by atoms with van der Waals surface area (Å²) in [6.45, 7) is 8.29. The standard InChI is InChI=1S/C30H32ClNO4/c1-29(2,3)24-12-9-20(10-13-24)18-32(19-27(33)34)28(35)21-11-14-26-23(15-21)17-30(4,36-26)16-22-7-5-6-8-25(22)31/h5-15H,16-19H2,1-4H3,(H,33,34). The van der Waals surface area contributed by atoms with Gasteiger partial charge in [-0.3, -0.25) is 9.59 Å². The Hall–Kier alpha value is -3.31. The van der Waals surface area contributed by atoms with Crippen LogP contribution in [0.25, 0.3) is 0 Å². The van der Waals surface area contributed by atoms with Crippen molar-refractivity contribution in [3.05, 3.63) is 99.6 Å². The van der Waals surface area contributed by atoms with Crippen LogP contribution >= 0.6 is 11.6 Å². The molecule has 0 aromatic heterocycles. The Bertz CT molecular complexity index is 1280. The van der Waals surface area contributed by atoms with Crippen LogP contribution in [0.2, 0.25) is 5.02 Å². The van der Waals surface area contributed by atoms with E-state index in [0.29, 0.717) is 23.4 Å².